The third-order valence-corrected chi connectivity index (χ3v) is 4.50. The minimum Gasteiger partial charge on any atom is -0.387 e. The summed E-state index contributed by atoms with van der Waals surface area (Å²) in [4.78, 5) is 2.55. The Balaban J connectivity index is 0.00000264. The average molecular weight is 377 g/mol. The molecule has 0 bridgehead atoms. The van der Waals surface area contributed by atoms with E-state index in [-0.39, 0.29) is 30.9 Å². The molecular formula is C19H34Cl2N2O. The Labute approximate surface area is 160 Å². The van der Waals surface area contributed by atoms with Gasteiger partial charge in [0.1, 0.15) is 0 Å². The SMILES string of the molecule is CC(C)CC(NCCCN1CCCC1)C(O)c1ccccc1.Cl.Cl. The number of hydrogen-bond donors (Lipinski definition) is 2. The first-order valence-corrected chi connectivity index (χ1v) is 8.85. The summed E-state index contributed by atoms with van der Waals surface area (Å²) >= 11 is 0. The van der Waals surface area contributed by atoms with Crippen molar-refractivity contribution in [2.75, 3.05) is 26.2 Å². The molecule has 1 aliphatic rings. The molecule has 0 amide bonds. The maximum atomic E-state index is 10.7. The smallest absolute Gasteiger partial charge is 0.0943 e. The summed E-state index contributed by atoms with van der Waals surface area (Å²) in [6.45, 7) is 9.14. The Bertz CT molecular complexity index is 411. The van der Waals surface area contributed by atoms with Crippen molar-refractivity contribution in [1.29, 1.82) is 0 Å². The lowest BCUT2D eigenvalue weighted by Crippen LogP contribution is -2.37. The Morgan fingerprint density at radius 2 is 1.71 bits per heavy atom. The minimum absolute atomic E-state index is 0. The van der Waals surface area contributed by atoms with E-state index >= 15 is 0 Å². The molecule has 24 heavy (non-hydrogen) atoms. The number of aliphatic hydroxyl groups excluding tert-OH is 1. The van der Waals surface area contributed by atoms with Crippen molar-refractivity contribution in [3.05, 3.63) is 35.9 Å². The van der Waals surface area contributed by atoms with E-state index < -0.39 is 6.10 Å². The lowest BCUT2D eigenvalue weighted by molar-refractivity contribution is 0.116. The van der Waals surface area contributed by atoms with Crippen LogP contribution in [0.3, 0.4) is 0 Å². The molecule has 1 fully saturated rings. The number of hydrogen-bond acceptors (Lipinski definition) is 3. The molecule has 3 nitrogen and oxygen atoms in total. The molecule has 0 saturated carbocycles. The summed E-state index contributed by atoms with van der Waals surface area (Å²) in [6.07, 6.45) is 4.46. The second kappa shape index (κ2) is 13.0. The van der Waals surface area contributed by atoms with Gasteiger partial charge in [-0.2, -0.15) is 0 Å². The van der Waals surface area contributed by atoms with Gasteiger partial charge in [0.15, 0.2) is 0 Å². The molecule has 0 aromatic heterocycles. The molecule has 1 aromatic carbocycles. The van der Waals surface area contributed by atoms with E-state index in [9.17, 15) is 5.11 Å². The first-order valence-electron chi connectivity index (χ1n) is 8.85. The zero-order valence-electron chi connectivity index (χ0n) is 15.0. The van der Waals surface area contributed by atoms with E-state index in [1.165, 1.54) is 32.5 Å². The van der Waals surface area contributed by atoms with E-state index in [2.05, 4.69) is 24.1 Å². The second-order valence-corrected chi connectivity index (χ2v) is 6.95. The van der Waals surface area contributed by atoms with Crippen LogP contribution in [0.5, 0.6) is 0 Å². The van der Waals surface area contributed by atoms with Crippen LogP contribution in [0.15, 0.2) is 30.3 Å². The highest BCUT2D eigenvalue weighted by Crippen LogP contribution is 2.21. The fraction of sp³-hybridized carbons (Fsp3) is 0.684. The van der Waals surface area contributed by atoms with Gasteiger partial charge in [0, 0.05) is 6.04 Å². The van der Waals surface area contributed by atoms with Gasteiger partial charge >= 0.3 is 0 Å². The minimum atomic E-state index is -0.421. The van der Waals surface area contributed by atoms with Gasteiger partial charge in [-0.3, -0.25) is 0 Å². The monoisotopic (exact) mass is 376 g/mol. The van der Waals surface area contributed by atoms with Crippen molar-refractivity contribution < 1.29 is 5.11 Å². The quantitative estimate of drug-likeness (QED) is 0.638. The van der Waals surface area contributed by atoms with Crippen LogP contribution >= 0.6 is 24.8 Å². The zero-order valence-corrected chi connectivity index (χ0v) is 16.6. The predicted octanol–water partition coefficient (Wildman–Crippen LogP) is 4.05. The van der Waals surface area contributed by atoms with Gasteiger partial charge in [0.2, 0.25) is 0 Å². The molecule has 2 unspecified atom stereocenters. The molecule has 2 N–H and O–H groups in total. The van der Waals surface area contributed by atoms with Crippen LogP contribution in [0.25, 0.3) is 0 Å². The van der Waals surface area contributed by atoms with E-state index in [0.717, 1.165) is 24.9 Å². The molecule has 1 saturated heterocycles. The molecule has 0 spiro atoms. The zero-order chi connectivity index (χ0) is 15.8. The van der Waals surface area contributed by atoms with Crippen molar-refractivity contribution in [3.63, 3.8) is 0 Å². The normalized spacial score (nSPS) is 17.2. The lowest BCUT2D eigenvalue weighted by Gasteiger charge is -2.26. The van der Waals surface area contributed by atoms with Crippen molar-refractivity contribution in [3.8, 4) is 0 Å². The van der Waals surface area contributed by atoms with Gasteiger partial charge in [0.05, 0.1) is 6.10 Å². The number of likely N-dealkylation sites (tertiary alicyclic amines) is 1. The maximum Gasteiger partial charge on any atom is 0.0943 e. The highest BCUT2D eigenvalue weighted by atomic mass is 35.5. The van der Waals surface area contributed by atoms with Crippen LogP contribution in [-0.4, -0.2) is 42.2 Å². The Hall–Kier alpha value is -0.320. The van der Waals surface area contributed by atoms with Gasteiger partial charge in [-0.15, -0.1) is 24.8 Å². The van der Waals surface area contributed by atoms with Gasteiger partial charge in [-0.05, 0) is 63.3 Å². The lowest BCUT2D eigenvalue weighted by atomic mass is 9.94. The molecule has 140 valence electrons. The van der Waals surface area contributed by atoms with E-state index in [0.29, 0.717) is 5.92 Å². The third kappa shape index (κ3) is 8.17. The Kier molecular flexibility index (Phi) is 12.8. The summed E-state index contributed by atoms with van der Waals surface area (Å²) in [5.74, 6) is 0.578. The van der Waals surface area contributed by atoms with Crippen molar-refractivity contribution in [2.45, 2.75) is 51.7 Å². The van der Waals surface area contributed by atoms with Gasteiger partial charge in [-0.25, -0.2) is 0 Å². The predicted molar refractivity (Wildman–Crippen MR) is 107 cm³/mol. The average Bonchev–Trinajstić information content (AvgIpc) is 3.03. The number of halogens is 2. The van der Waals surface area contributed by atoms with E-state index in [4.69, 9.17) is 0 Å². The number of nitrogens with one attached hydrogen (secondary N) is 1. The van der Waals surface area contributed by atoms with Gasteiger partial charge in [0.25, 0.3) is 0 Å². The summed E-state index contributed by atoms with van der Waals surface area (Å²) in [5.41, 5.74) is 1.01. The van der Waals surface area contributed by atoms with E-state index in [1.54, 1.807) is 0 Å². The second-order valence-electron chi connectivity index (χ2n) is 6.95. The first-order chi connectivity index (χ1) is 10.7. The largest absolute Gasteiger partial charge is 0.387 e. The van der Waals surface area contributed by atoms with E-state index in [1.807, 2.05) is 30.3 Å². The number of benzene rings is 1. The third-order valence-electron chi connectivity index (χ3n) is 4.50. The van der Waals surface area contributed by atoms with Crippen LogP contribution in [0.1, 0.15) is 51.2 Å². The van der Waals surface area contributed by atoms with Crippen molar-refractivity contribution in [2.24, 2.45) is 5.92 Å². The van der Waals surface area contributed by atoms with Gasteiger partial charge < -0.3 is 15.3 Å². The highest BCUT2D eigenvalue weighted by molar-refractivity contribution is 5.85. The first kappa shape index (κ1) is 23.7. The Morgan fingerprint density at radius 1 is 1.08 bits per heavy atom. The van der Waals surface area contributed by atoms with Crippen LogP contribution in [0.4, 0.5) is 0 Å². The molecule has 1 heterocycles. The van der Waals surface area contributed by atoms with Crippen LogP contribution in [0, 0.1) is 5.92 Å². The summed E-state index contributed by atoms with van der Waals surface area (Å²) in [6, 6.07) is 10.2. The molecule has 5 heteroatoms. The summed E-state index contributed by atoms with van der Waals surface area (Å²) in [7, 11) is 0. The number of aliphatic hydroxyl groups is 1. The molecule has 0 radical (unpaired) electrons. The fourth-order valence-corrected chi connectivity index (χ4v) is 3.31. The standard InChI is InChI=1S/C19H32N2O.2ClH/c1-16(2)15-18(19(22)17-9-4-3-5-10-17)20-11-8-14-21-12-6-7-13-21;;/h3-5,9-10,16,18-20,22H,6-8,11-15H2,1-2H3;2*1H. The highest BCUT2D eigenvalue weighted by Gasteiger charge is 2.21. The van der Waals surface area contributed by atoms with Crippen molar-refractivity contribution >= 4 is 24.8 Å². The number of nitrogens with zero attached hydrogens (tertiary/aromatic N) is 1. The molecular weight excluding hydrogens is 343 g/mol. The van der Waals surface area contributed by atoms with Crippen LogP contribution < -0.4 is 5.32 Å². The van der Waals surface area contributed by atoms with Crippen molar-refractivity contribution in [1.82, 2.24) is 10.2 Å². The van der Waals surface area contributed by atoms with Gasteiger partial charge in [-0.1, -0.05) is 44.2 Å². The molecule has 0 aliphatic carbocycles. The summed E-state index contributed by atoms with van der Waals surface area (Å²) in [5, 5.41) is 14.3. The topological polar surface area (TPSA) is 35.5 Å². The Morgan fingerprint density at radius 3 is 2.29 bits per heavy atom. The fourth-order valence-electron chi connectivity index (χ4n) is 3.31. The molecule has 1 aliphatic heterocycles. The molecule has 1 aromatic rings. The van der Waals surface area contributed by atoms with Crippen LogP contribution in [-0.2, 0) is 0 Å². The van der Waals surface area contributed by atoms with Crippen LogP contribution in [0.2, 0.25) is 0 Å². The number of rotatable bonds is 9. The maximum absolute atomic E-state index is 10.7. The molecule has 2 atom stereocenters. The summed E-state index contributed by atoms with van der Waals surface area (Å²) < 4.78 is 0. The molecule has 2 rings (SSSR count).